The summed E-state index contributed by atoms with van der Waals surface area (Å²) in [6.45, 7) is 3.29. The van der Waals surface area contributed by atoms with Crippen LogP contribution in [0, 0.1) is 17.0 Å². The number of carbonyl (C=O) groups is 2. The monoisotopic (exact) mass is 565 g/mol. The molecule has 9 heteroatoms. The molecule has 3 aromatic rings. The van der Waals surface area contributed by atoms with Crippen molar-refractivity contribution in [3.8, 4) is 5.75 Å². The Morgan fingerprint density at radius 1 is 1.08 bits per heavy atom. The normalized spacial score (nSPS) is 13.8. The van der Waals surface area contributed by atoms with Gasteiger partial charge in [-0.1, -0.05) is 28.1 Å². The van der Waals surface area contributed by atoms with Crippen molar-refractivity contribution in [2.24, 2.45) is 0 Å². The highest BCUT2D eigenvalue weighted by Gasteiger charge is 2.25. The van der Waals surface area contributed by atoms with Crippen molar-refractivity contribution in [3.05, 3.63) is 97.5 Å². The average molecular weight is 566 g/mol. The lowest BCUT2D eigenvalue weighted by molar-refractivity contribution is -0.385. The SMILES string of the molecule is COc1cc(C)cc(C(=O)N2CCC(c3ccc(NC(=O)Cc4cc(Br)ccc4[N+](=O)[O-])cc3)CC2)c1. The number of rotatable bonds is 7. The van der Waals surface area contributed by atoms with E-state index < -0.39 is 4.92 Å². The highest BCUT2D eigenvalue weighted by molar-refractivity contribution is 9.10. The fourth-order valence-corrected chi connectivity index (χ4v) is 5.09. The molecule has 0 aliphatic carbocycles. The van der Waals surface area contributed by atoms with E-state index in [-0.39, 0.29) is 23.9 Å². The Morgan fingerprint density at radius 2 is 1.78 bits per heavy atom. The Balaban J connectivity index is 1.33. The van der Waals surface area contributed by atoms with E-state index >= 15 is 0 Å². The van der Waals surface area contributed by atoms with Gasteiger partial charge < -0.3 is 15.0 Å². The molecule has 0 spiro atoms. The van der Waals surface area contributed by atoms with E-state index in [2.05, 4.69) is 21.2 Å². The van der Waals surface area contributed by atoms with Gasteiger partial charge in [0.25, 0.3) is 11.6 Å². The summed E-state index contributed by atoms with van der Waals surface area (Å²) in [5.74, 6) is 0.697. The van der Waals surface area contributed by atoms with Crippen LogP contribution in [0.15, 0.2) is 65.1 Å². The fraction of sp³-hybridized carbons (Fsp3) is 0.286. The number of carbonyl (C=O) groups excluding carboxylic acids is 2. The van der Waals surface area contributed by atoms with E-state index in [1.165, 1.54) is 6.07 Å². The minimum Gasteiger partial charge on any atom is -0.497 e. The van der Waals surface area contributed by atoms with Crippen LogP contribution in [-0.2, 0) is 11.2 Å². The van der Waals surface area contributed by atoms with Crippen LogP contribution < -0.4 is 10.1 Å². The maximum absolute atomic E-state index is 13.0. The van der Waals surface area contributed by atoms with Crippen molar-refractivity contribution in [2.45, 2.75) is 32.1 Å². The molecule has 8 nitrogen and oxygen atoms in total. The number of ether oxygens (including phenoxy) is 1. The Labute approximate surface area is 223 Å². The van der Waals surface area contributed by atoms with E-state index in [9.17, 15) is 19.7 Å². The number of hydrogen-bond donors (Lipinski definition) is 1. The number of benzene rings is 3. The lowest BCUT2D eigenvalue weighted by Gasteiger charge is -2.32. The first-order valence-corrected chi connectivity index (χ1v) is 12.8. The third-order valence-electron chi connectivity index (χ3n) is 6.57. The number of nitrogens with one attached hydrogen (secondary N) is 1. The zero-order valence-electron chi connectivity index (χ0n) is 20.7. The molecule has 4 rings (SSSR count). The maximum atomic E-state index is 13.0. The van der Waals surface area contributed by atoms with Gasteiger partial charge in [0.05, 0.1) is 18.5 Å². The summed E-state index contributed by atoms with van der Waals surface area (Å²) < 4.78 is 5.98. The van der Waals surface area contributed by atoms with Gasteiger partial charge >= 0.3 is 0 Å². The Morgan fingerprint density at radius 3 is 2.43 bits per heavy atom. The van der Waals surface area contributed by atoms with Crippen LogP contribution in [0.4, 0.5) is 11.4 Å². The van der Waals surface area contributed by atoms with E-state index in [4.69, 9.17) is 4.74 Å². The second kappa shape index (κ2) is 11.6. The standard InChI is InChI=1S/C28H28BrN3O5/c1-18-13-22(16-25(14-18)37-2)28(34)31-11-9-20(10-12-31)19-3-6-24(7-4-19)30-27(33)17-21-15-23(29)5-8-26(21)32(35)36/h3-8,13-16,20H,9-12,17H2,1-2H3,(H,30,33). The Kier molecular flexibility index (Phi) is 8.23. The van der Waals surface area contributed by atoms with E-state index in [1.54, 1.807) is 25.3 Å². The molecule has 0 bridgehead atoms. The molecule has 2 amide bonds. The molecule has 192 valence electrons. The molecule has 1 aliphatic rings. The third-order valence-corrected chi connectivity index (χ3v) is 7.06. The van der Waals surface area contributed by atoms with E-state index in [0.717, 1.165) is 24.0 Å². The van der Waals surface area contributed by atoms with Crippen molar-refractivity contribution in [1.29, 1.82) is 0 Å². The summed E-state index contributed by atoms with van der Waals surface area (Å²) in [5.41, 5.74) is 3.68. The minimum absolute atomic E-state index is 0.0178. The number of nitro benzene ring substituents is 1. The summed E-state index contributed by atoms with van der Waals surface area (Å²) in [7, 11) is 1.60. The summed E-state index contributed by atoms with van der Waals surface area (Å²) in [4.78, 5) is 38.2. The number of nitro groups is 1. The molecule has 1 heterocycles. The minimum atomic E-state index is -0.486. The summed E-state index contributed by atoms with van der Waals surface area (Å²) in [5, 5.41) is 14.1. The zero-order valence-corrected chi connectivity index (χ0v) is 22.3. The number of amides is 2. The number of aryl methyl sites for hydroxylation is 1. The van der Waals surface area contributed by atoms with Crippen molar-refractivity contribution < 1.29 is 19.2 Å². The van der Waals surface area contributed by atoms with Crippen LogP contribution in [0.2, 0.25) is 0 Å². The van der Waals surface area contributed by atoms with Crippen LogP contribution in [-0.4, -0.2) is 41.8 Å². The zero-order chi connectivity index (χ0) is 26.5. The van der Waals surface area contributed by atoms with Gasteiger partial charge in [0, 0.05) is 40.4 Å². The predicted octanol–water partition coefficient (Wildman–Crippen LogP) is 5.88. The molecule has 0 atom stereocenters. The summed E-state index contributed by atoms with van der Waals surface area (Å²) >= 11 is 3.30. The van der Waals surface area contributed by atoms with Gasteiger partial charge in [-0.3, -0.25) is 19.7 Å². The van der Waals surface area contributed by atoms with Crippen molar-refractivity contribution in [2.75, 3.05) is 25.5 Å². The van der Waals surface area contributed by atoms with Crippen molar-refractivity contribution in [3.63, 3.8) is 0 Å². The van der Waals surface area contributed by atoms with Gasteiger partial charge in [-0.05, 0) is 79.3 Å². The van der Waals surface area contributed by atoms with Crippen LogP contribution >= 0.6 is 15.9 Å². The molecule has 0 saturated carbocycles. The second-order valence-electron chi connectivity index (χ2n) is 9.18. The summed E-state index contributed by atoms with van der Waals surface area (Å²) in [6.07, 6.45) is 1.61. The van der Waals surface area contributed by atoms with Gasteiger partial charge in [0.1, 0.15) is 5.75 Å². The molecule has 0 unspecified atom stereocenters. The largest absolute Gasteiger partial charge is 0.497 e. The van der Waals surface area contributed by atoms with Crippen LogP contribution in [0.5, 0.6) is 5.75 Å². The smallest absolute Gasteiger partial charge is 0.273 e. The van der Waals surface area contributed by atoms with Gasteiger partial charge in [-0.25, -0.2) is 0 Å². The topological polar surface area (TPSA) is 102 Å². The third kappa shape index (κ3) is 6.54. The molecule has 1 aliphatic heterocycles. The first-order chi connectivity index (χ1) is 17.7. The van der Waals surface area contributed by atoms with Gasteiger partial charge in [0.15, 0.2) is 0 Å². The van der Waals surface area contributed by atoms with Crippen LogP contribution in [0.25, 0.3) is 0 Å². The van der Waals surface area contributed by atoms with Gasteiger partial charge in [0.2, 0.25) is 5.91 Å². The lowest BCUT2D eigenvalue weighted by atomic mass is 9.89. The Bertz CT molecular complexity index is 1320. The second-order valence-corrected chi connectivity index (χ2v) is 10.1. The number of nitrogens with zero attached hydrogens (tertiary/aromatic N) is 2. The van der Waals surface area contributed by atoms with Gasteiger partial charge in [-0.2, -0.15) is 0 Å². The predicted molar refractivity (Wildman–Crippen MR) is 145 cm³/mol. The number of piperidine rings is 1. The van der Waals surface area contributed by atoms with E-state index in [0.29, 0.717) is 46.0 Å². The molecule has 1 saturated heterocycles. The first-order valence-electron chi connectivity index (χ1n) is 12.0. The van der Waals surface area contributed by atoms with Crippen molar-refractivity contribution >= 4 is 39.1 Å². The number of methoxy groups -OCH3 is 1. The number of likely N-dealkylation sites (tertiary alicyclic amines) is 1. The number of halogens is 1. The Hall–Kier alpha value is -3.72. The van der Waals surface area contributed by atoms with Crippen molar-refractivity contribution in [1.82, 2.24) is 4.90 Å². The highest BCUT2D eigenvalue weighted by atomic mass is 79.9. The molecular weight excluding hydrogens is 538 g/mol. The average Bonchev–Trinajstić information content (AvgIpc) is 2.88. The molecule has 3 aromatic carbocycles. The molecule has 0 aromatic heterocycles. The van der Waals surface area contributed by atoms with E-state index in [1.807, 2.05) is 48.2 Å². The van der Waals surface area contributed by atoms with Gasteiger partial charge in [-0.15, -0.1) is 0 Å². The number of anilines is 1. The maximum Gasteiger partial charge on any atom is 0.273 e. The quantitative estimate of drug-likeness (QED) is 0.285. The number of hydrogen-bond acceptors (Lipinski definition) is 5. The fourth-order valence-electron chi connectivity index (χ4n) is 4.68. The molecule has 1 fully saturated rings. The molecule has 37 heavy (non-hydrogen) atoms. The van der Waals surface area contributed by atoms with Crippen LogP contribution in [0.3, 0.4) is 0 Å². The lowest BCUT2D eigenvalue weighted by Crippen LogP contribution is -2.38. The highest BCUT2D eigenvalue weighted by Crippen LogP contribution is 2.30. The molecule has 1 N–H and O–H groups in total. The van der Waals surface area contributed by atoms with Crippen LogP contribution in [0.1, 0.15) is 45.8 Å². The summed E-state index contributed by atoms with van der Waals surface area (Å²) in [6, 6.07) is 17.8. The molecule has 0 radical (unpaired) electrons. The first kappa shape index (κ1) is 26.3. The molecular formula is C28H28BrN3O5.